The quantitative estimate of drug-likeness (QED) is 0.859. The number of rotatable bonds is 3. The SMILES string of the molecule is Cc1nc(NS(=O)(=O)c2ccccc2C)n[nH]1. The first-order valence-corrected chi connectivity index (χ1v) is 6.45. The maximum Gasteiger partial charge on any atom is 0.264 e. The lowest BCUT2D eigenvalue weighted by Crippen LogP contribution is -2.15. The van der Waals surface area contributed by atoms with Crippen molar-refractivity contribution in [3.05, 3.63) is 35.7 Å². The Bertz CT molecular complexity index is 633. The van der Waals surface area contributed by atoms with Crippen LogP contribution in [0.2, 0.25) is 0 Å². The minimum atomic E-state index is -3.63. The largest absolute Gasteiger partial charge is 0.264 e. The summed E-state index contributed by atoms with van der Waals surface area (Å²) < 4.78 is 26.4. The fourth-order valence-electron chi connectivity index (χ4n) is 1.42. The molecular formula is C10H12N4O2S. The minimum Gasteiger partial charge on any atom is -0.261 e. The molecule has 0 bridgehead atoms. The van der Waals surface area contributed by atoms with Crippen molar-refractivity contribution in [2.24, 2.45) is 0 Å². The first-order valence-electron chi connectivity index (χ1n) is 4.96. The zero-order valence-electron chi connectivity index (χ0n) is 9.43. The monoisotopic (exact) mass is 252 g/mol. The summed E-state index contributed by atoms with van der Waals surface area (Å²) in [4.78, 5) is 4.12. The van der Waals surface area contributed by atoms with Gasteiger partial charge >= 0.3 is 0 Å². The molecule has 0 radical (unpaired) electrons. The summed E-state index contributed by atoms with van der Waals surface area (Å²) in [7, 11) is -3.63. The average Bonchev–Trinajstić information content (AvgIpc) is 2.63. The number of aromatic amines is 1. The van der Waals surface area contributed by atoms with Crippen LogP contribution in [0.5, 0.6) is 0 Å². The number of hydrogen-bond acceptors (Lipinski definition) is 4. The molecule has 1 aromatic heterocycles. The van der Waals surface area contributed by atoms with Crippen molar-refractivity contribution in [1.29, 1.82) is 0 Å². The molecule has 2 rings (SSSR count). The fraction of sp³-hybridized carbons (Fsp3) is 0.200. The molecule has 0 fully saturated rings. The average molecular weight is 252 g/mol. The van der Waals surface area contributed by atoms with Crippen molar-refractivity contribution >= 4 is 16.0 Å². The number of nitrogens with zero attached hydrogens (tertiary/aromatic N) is 2. The molecule has 0 unspecified atom stereocenters. The highest BCUT2D eigenvalue weighted by Crippen LogP contribution is 2.16. The van der Waals surface area contributed by atoms with Gasteiger partial charge in [-0.05, 0) is 25.5 Å². The number of H-pyrrole nitrogens is 1. The highest BCUT2D eigenvalue weighted by atomic mass is 32.2. The number of hydrogen-bond donors (Lipinski definition) is 2. The molecular weight excluding hydrogens is 240 g/mol. The molecule has 2 aromatic rings. The lowest BCUT2D eigenvalue weighted by atomic mass is 10.2. The van der Waals surface area contributed by atoms with Crippen LogP contribution >= 0.6 is 0 Å². The molecule has 0 spiro atoms. The van der Waals surface area contributed by atoms with Crippen LogP contribution in [0.25, 0.3) is 0 Å². The van der Waals surface area contributed by atoms with E-state index >= 15 is 0 Å². The van der Waals surface area contributed by atoms with Crippen LogP contribution in [0.3, 0.4) is 0 Å². The molecule has 0 aliphatic rings. The van der Waals surface area contributed by atoms with Gasteiger partial charge in [-0.15, -0.1) is 5.10 Å². The number of aryl methyl sites for hydroxylation is 2. The number of benzene rings is 1. The van der Waals surface area contributed by atoms with Gasteiger partial charge in [-0.2, -0.15) is 4.98 Å². The van der Waals surface area contributed by atoms with Crippen molar-refractivity contribution in [1.82, 2.24) is 15.2 Å². The van der Waals surface area contributed by atoms with E-state index in [4.69, 9.17) is 0 Å². The van der Waals surface area contributed by atoms with Crippen molar-refractivity contribution in [2.45, 2.75) is 18.7 Å². The Balaban J connectivity index is 2.35. The van der Waals surface area contributed by atoms with E-state index in [0.29, 0.717) is 11.4 Å². The van der Waals surface area contributed by atoms with E-state index in [1.54, 1.807) is 32.0 Å². The first kappa shape index (κ1) is 11.6. The van der Waals surface area contributed by atoms with Crippen molar-refractivity contribution in [2.75, 3.05) is 4.72 Å². The van der Waals surface area contributed by atoms with Gasteiger partial charge in [0.25, 0.3) is 16.0 Å². The summed E-state index contributed by atoms with van der Waals surface area (Å²) in [6, 6.07) is 6.73. The molecule has 7 heteroatoms. The third kappa shape index (κ3) is 2.44. The Morgan fingerprint density at radius 2 is 1.94 bits per heavy atom. The molecule has 2 N–H and O–H groups in total. The first-order chi connectivity index (χ1) is 7.99. The summed E-state index contributed by atoms with van der Waals surface area (Å²) in [6.45, 7) is 3.43. The normalized spacial score (nSPS) is 11.4. The van der Waals surface area contributed by atoms with Gasteiger partial charge in [0, 0.05) is 0 Å². The van der Waals surface area contributed by atoms with Gasteiger partial charge in [-0.3, -0.25) is 5.10 Å². The lowest BCUT2D eigenvalue weighted by molar-refractivity contribution is 0.600. The van der Waals surface area contributed by atoms with Crippen LogP contribution in [0, 0.1) is 13.8 Å². The third-order valence-corrected chi connectivity index (χ3v) is 3.69. The van der Waals surface area contributed by atoms with Crippen molar-refractivity contribution < 1.29 is 8.42 Å². The molecule has 1 aromatic carbocycles. The topological polar surface area (TPSA) is 87.7 Å². The van der Waals surface area contributed by atoms with E-state index in [1.807, 2.05) is 0 Å². The lowest BCUT2D eigenvalue weighted by Gasteiger charge is -2.06. The Morgan fingerprint density at radius 3 is 2.53 bits per heavy atom. The standard InChI is InChI=1S/C10H12N4O2S/c1-7-5-3-4-6-9(7)17(15,16)14-10-11-8(2)12-13-10/h3-6H,1-2H3,(H2,11,12,13,14). The number of sulfonamides is 1. The molecule has 1 heterocycles. The molecule has 0 amide bonds. The van der Waals surface area contributed by atoms with Gasteiger partial charge in [0.15, 0.2) is 0 Å². The Kier molecular flexibility index (Phi) is 2.84. The van der Waals surface area contributed by atoms with Crippen LogP contribution in [-0.2, 0) is 10.0 Å². The van der Waals surface area contributed by atoms with Gasteiger partial charge in [0.2, 0.25) is 0 Å². The van der Waals surface area contributed by atoms with Crippen LogP contribution in [-0.4, -0.2) is 23.6 Å². The van der Waals surface area contributed by atoms with Crippen LogP contribution in [0.15, 0.2) is 29.2 Å². The van der Waals surface area contributed by atoms with Gasteiger partial charge < -0.3 is 0 Å². The summed E-state index contributed by atoms with van der Waals surface area (Å²) >= 11 is 0. The minimum absolute atomic E-state index is 0.0470. The summed E-state index contributed by atoms with van der Waals surface area (Å²) in [5, 5.41) is 6.30. The number of nitrogens with one attached hydrogen (secondary N) is 2. The number of aromatic nitrogens is 3. The predicted molar refractivity (Wildman–Crippen MR) is 63.1 cm³/mol. The van der Waals surface area contributed by atoms with Gasteiger partial charge in [-0.25, -0.2) is 13.1 Å². The summed E-state index contributed by atoms with van der Waals surface area (Å²) in [5.41, 5.74) is 0.673. The fourth-order valence-corrected chi connectivity index (χ4v) is 2.61. The molecule has 0 atom stereocenters. The Hall–Kier alpha value is -1.89. The highest BCUT2D eigenvalue weighted by Gasteiger charge is 2.17. The second kappa shape index (κ2) is 4.17. The van der Waals surface area contributed by atoms with E-state index < -0.39 is 10.0 Å². The van der Waals surface area contributed by atoms with Crippen LogP contribution in [0.4, 0.5) is 5.95 Å². The molecule has 0 saturated carbocycles. The molecule has 17 heavy (non-hydrogen) atoms. The van der Waals surface area contributed by atoms with E-state index in [-0.39, 0.29) is 10.8 Å². The van der Waals surface area contributed by atoms with Crippen molar-refractivity contribution in [3.8, 4) is 0 Å². The summed E-state index contributed by atoms with van der Waals surface area (Å²) in [6.07, 6.45) is 0. The second-order valence-electron chi connectivity index (χ2n) is 3.62. The maximum absolute atomic E-state index is 12.0. The third-order valence-electron chi connectivity index (χ3n) is 2.21. The molecule has 6 nitrogen and oxygen atoms in total. The van der Waals surface area contributed by atoms with Gasteiger partial charge in [-0.1, -0.05) is 18.2 Å². The zero-order chi connectivity index (χ0) is 12.5. The van der Waals surface area contributed by atoms with Gasteiger partial charge in [0.1, 0.15) is 5.82 Å². The summed E-state index contributed by atoms with van der Waals surface area (Å²) in [5.74, 6) is 0.596. The molecule has 0 aliphatic heterocycles. The van der Waals surface area contributed by atoms with E-state index in [9.17, 15) is 8.42 Å². The van der Waals surface area contributed by atoms with Crippen LogP contribution < -0.4 is 4.72 Å². The van der Waals surface area contributed by atoms with E-state index in [2.05, 4.69) is 19.9 Å². The maximum atomic E-state index is 12.0. The highest BCUT2D eigenvalue weighted by molar-refractivity contribution is 7.92. The second-order valence-corrected chi connectivity index (χ2v) is 5.27. The smallest absolute Gasteiger partial charge is 0.261 e. The van der Waals surface area contributed by atoms with E-state index in [0.717, 1.165) is 0 Å². The molecule has 90 valence electrons. The Morgan fingerprint density at radius 1 is 1.24 bits per heavy atom. The van der Waals surface area contributed by atoms with Crippen LogP contribution in [0.1, 0.15) is 11.4 Å². The van der Waals surface area contributed by atoms with Gasteiger partial charge in [0.05, 0.1) is 4.90 Å². The predicted octanol–water partition coefficient (Wildman–Crippen LogP) is 1.22. The van der Waals surface area contributed by atoms with Crippen molar-refractivity contribution in [3.63, 3.8) is 0 Å². The zero-order valence-corrected chi connectivity index (χ0v) is 10.2. The molecule has 0 saturated heterocycles. The Labute approximate surface area is 99.1 Å². The van der Waals surface area contributed by atoms with E-state index in [1.165, 1.54) is 6.07 Å². The number of anilines is 1. The molecule has 0 aliphatic carbocycles.